The summed E-state index contributed by atoms with van der Waals surface area (Å²) in [7, 11) is 0. The van der Waals surface area contributed by atoms with Gasteiger partial charge in [-0.2, -0.15) is 0 Å². The second-order valence-electron chi connectivity index (χ2n) is 3.70. The maximum Gasteiger partial charge on any atom is 0.153 e. The van der Waals surface area contributed by atoms with Crippen LogP contribution in [-0.4, -0.2) is 4.98 Å². The second-order valence-corrected chi connectivity index (χ2v) is 4.56. The first-order valence-electron chi connectivity index (χ1n) is 5.00. The zero-order chi connectivity index (χ0) is 12.4. The third kappa shape index (κ3) is 2.74. The molecular weight excluding hydrogens is 285 g/mol. The molecule has 17 heavy (non-hydrogen) atoms. The first kappa shape index (κ1) is 11.9. The lowest BCUT2D eigenvalue weighted by Gasteiger charge is -2.09. The summed E-state index contributed by atoms with van der Waals surface area (Å²) < 4.78 is 13.5. The zero-order valence-corrected chi connectivity index (χ0v) is 10.8. The lowest BCUT2D eigenvalue weighted by Crippen LogP contribution is -1.99. The molecule has 0 saturated carbocycles. The van der Waals surface area contributed by atoms with Crippen LogP contribution in [0, 0.1) is 12.7 Å². The number of nitrogen functional groups attached to an aromatic ring is 1. The summed E-state index contributed by atoms with van der Waals surface area (Å²) in [6.45, 7) is 1.92. The molecule has 5 heteroatoms. The molecule has 3 N–H and O–H groups in total. The van der Waals surface area contributed by atoms with Crippen LogP contribution in [0.4, 0.5) is 21.6 Å². The number of pyridine rings is 1. The predicted molar refractivity (Wildman–Crippen MR) is 70.8 cm³/mol. The molecule has 0 fully saturated rings. The average molecular weight is 296 g/mol. The number of hydrogen-bond donors (Lipinski definition) is 2. The van der Waals surface area contributed by atoms with E-state index in [9.17, 15) is 4.39 Å². The smallest absolute Gasteiger partial charge is 0.153 e. The Morgan fingerprint density at radius 1 is 1.35 bits per heavy atom. The molecule has 1 heterocycles. The van der Waals surface area contributed by atoms with Crippen LogP contribution in [0.15, 0.2) is 34.9 Å². The number of hydrogen-bond acceptors (Lipinski definition) is 3. The van der Waals surface area contributed by atoms with Crippen molar-refractivity contribution >= 4 is 33.1 Å². The van der Waals surface area contributed by atoms with Gasteiger partial charge in [0.25, 0.3) is 0 Å². The van der Waals surface area contributed by atoms with Crippen LogP contribution < -0.4 is 11.1 Å². The SMILES string of the molecule is Cc1cnc(Nc2ccc(F)c(Br)c2)c(N)c1. The maximum atomic E-state index is 13.1. The van der Waals surface area contributed by atoms with E-state index in [0.29, 0.717) is 16.0 Å². The zero-order valence-electron chi connectivity index (χ0n) is 9.17. The molecule has 0 bridgehead atoms. The summed E-state index contributed by atoms with van der Waals surface area (Å²) >= 11 is 3.12. The van der Waals surface area contributed by atoms with E-state index in [1.807, 2.05) is 13.0 Å². The summed E-state index contributed by atoms with van der Waals surface area (Å²) in [5.74, 6) is 0.259. The normalized spacial score (nSPS) is 10.3. The number of anilines is 3. The van der Waals surface area contributed by atoms with E-state index >= 15 is 0 Å². The molecule has 3 nitrogen and oxygen atoms in total. The van der Waals surface area contributed by atoms with Crippen molar-refractivity contribution in [3.63, 3.8) is 0 Å². The Balaban J connectivity index is 2.28. The highest BCUT2D eigenvalue weighted by atomic mass is 79.9. The molecule has 1 aromatic carbocycles. The maximum absolute atomic E-state index is 13.1. The van der Waals surface area contributed by atoms with Gasteiger partial charge in [-0.3, -0.25) is 0 Å². The number of nitrogens with zero attached hydrogens (tertiary/aromatic N) is 1. The van der Waals surface area contributed by atoms with Crippen molar-refractivity contribution in [3.8, 4) is 0 Å². The van der Waals surface area contributed by atoms with E-state index < -0.39 is 0 Å². The van der Waals surface area contributed by atoms with Gasteiger partial charge in [-0.25, -0.2) is 9.37 Å². The summed E-state index contributed by atoms with van der Waals surface area (Å²) in [5.41, 5.74) is 8.10. The van der Waals surface area contributed by atoms with Gasteiger partial charge in [-0.05, 0) is 52.7 Å². The fourth-order valence-corrected chi connectivity index (χ4v) is 1.79. The van der Waals surface area contributed by atoms with Gasteiger partial charge in [-0.15, -0.1) is 0 Å². The minimum atomic E-state index is -0.305. The Bertz CT molecular complexity index is 557. The van der Waals surface area contributed by atoms with Crippen molar-refractivity contribution in [2.45, 2.75) is 6.92 Å². The van der Waals surface area contributed by atoms with Crippen molar-refractivity contribution in [1.29, 1.82) is 0 Å². The van der Waals surface area contributed by atoms with E-state index in [2.05, 4.69) is 26.2 Å². The van der Waals surface area contributed by atoms with Crippen molar-refractivity contribution in [2.75, 3.05) is 11.1 Å². The van der Waals surface area contributed by atoms with Crippen LogP contribution in [0.25, 0.3) is 0 Å². The van der Waals surface area contributed by atoms with Crippen molar-refractivity contribution in [3.05, 3.63) is 46.3 Å². The molecule has 2 rings (SSSR count). The number of aryl methyl sites for hydroxylation is 1. The lowest BCUT2D eigenvalue weighted by atomic mass is 10.2. The predicted octanol–water partition coefficient (Wildman–Crippen LogP) is 3.62. The van der Waals surface area contributed by atoms with Crippen LogP contribution in [0.5, 0.6) is 0 Å². The third-order valence-electron chi connectivity index (χ3n) is 2.24. The van der Waals surface area contributed by atoms with E-state index in [1.165, 1.54) is 6.07 Å². The molecule has 0 unspecified atom stereocenters. The Hall–Kier alpha value is -1.62. The van der Waals surface area contributed by atoms with Gasteiger partial charge in [0.05, 0.1) is 10.2 Å². The minimum absolute atomic E-state index is 0.305. The molecule has 0 spiro atoms. The number of aromatic nitrogens is 1. The quantitative estimate of drug-likeness (QED) is 0.890. The van der Waals surface area contributed by atoms with Crippen LogP contribution in [0.3, 0.4) is 0 Å². The van der Waals surface area contributed by atoms with Crippen LogP contribution in [-0.2, 0) is 0 Å². The number of benzene rings is 1. The Morgan fingerprint density at radius 3 is 2.76 bits per heavy atom. The molecule has 0 aliphatic heterocycles. The van der Waals surface area contributed by atoms with E-state index in [0.717, 1.165) is 11.3 Å². The van der Waals surface area contributed by atoms with Gasteiger partial charge in [0.2, 0.25) is 0 Å². The molecule has 0 aliphatic rings. The molecular formula is C12H11BrFN3. The highest BCUT2D eigenvalue weighted by molar-refractivity contribution is 9.10. The second kappa shape index (κ2) is 4.71. The van der Waals surface area contributed by atoms with E-state index in [4.69, 9.17) is 5.73 Å². The first-order valence-corrected chi connectivity index (χ1v) is 5.80. The minimum Gasteiger partial charge on any atom is -0.396 e. The van der Waals surface area contributed by atoms with E-state index in [1.54, 1.807) is 18.3 Å². The average Bonchev–Trinajstić information content (AvgIpc) is 2.27. The highest BCUT2D eigenvalue weighted by Gasteiger charge is 2.04. The van der Waals surface area contributed by atoms with Gasteiger partial charge in [0.15, 0.2) is 5.82 Å². The summed E-state index contributed by atoms with van der Waals surface area (Å²) in [6.07, 6.45) is 1.72. The molecule has 0 amide bonds. The Labute approximate surface area is 107 Å². The molecule has 0 aliphatic carbocycles. The van der Waals surface area contributed by atoms with Gasteiger partial charge in [0.1, 0.15) is 5.82 Å². The van der Waals surface area contributed by atoms with Crippen molar-refractivity contribution in [1.82, 2.24) is 4.98 Å². The van der Waals surface area contributed by atoms with Crippen LogP contribution in [0.2, 0.25) is 0 Å². The molecule has 0 saturated heterocycles. The first-order chi connectivity index (χ1) is 8.06. The molecule has 0 atom stereocenters. The summed E-state index contributed by atoms with van der Waals surface area (Å²) in [4.78, 5) is 4.18. The number of halogens is 2. The van der Waals surface area contributed by atoms with Gasteiger partial charge >= 0.3 is 0 Å². The molecule has 0 radical (unpaired) electrons. The molecule has 88 valence electrons. The monoisotopic (exact) mass is 295 g/mol. The van der Waals surface area contributed by atoms with Crippen molar-refractivity contribution in [2.24, 2.45) is 0 Å². The van der Waals surface area contributed by atoms with Crippen LogP contribution in [0.1, 0.15) is 5.56 Å². The van der Waals surface area contributed by atoms with Crippen molar-refractivity contribution < 1.29 is 4.39 Å². The fraction of sp³-hybridized carbons (Fsp3) is 0.0833. The standard InChI is InChI=1S/C12H11BrFN3/c1-7-4-11(15)12(16-6-7)17-8-2-3-10(14)9(13)5-8/h2-6H,15H2,1H3,(H,16,17). The van der Waals surface area contributed by atoms with E-state index in [-0.39, 0.29) is 5.82 Å². The van der Waals surface area contributed by atoms with Crippen LogP contribution >= 0.6 is 15.9 Å². The topological polar surface area (TPSA) is 50.9 Å². The Kier molecular flexibility index (Phi) is 3.28. The fourth-order valence-electron chi connectivity index (χ4n) is 1.41. The number of rotatable bonds is 2. The summed E-state index contributed by atoms with van der Waals surface area (Å²) in [6, 6.07) is 6.46. The van der Waals surface area contributed by atoms with Gasteiger partial charge < -0.3 is 11.1 Å². The summed E-state index contributed by atoms with van der Waals surface area (Å²) in [5, 5.41) is 3.03. The Morgan fingerprint density at radius 2 is 2.12 bits per heavy atom. The highest BCUT2D eigenvalue weighted by Crippen LogP contribution is 2.25. The van der Waals surface area contributed by atoms with Gasteiger partial charge in [0, 0.05) is 11.9 Å². The van der Waals surface area contributed by atoms with Gasteiger partial charge in [-0.1, -0.05) is 0 Å². The lowest BCUT2D eigenvalue weighted by molar-refractivity contribution is 0.621. The number of nitrogens with two attached hydrogens (primary N) is 1. The largest absolute Gasteiger partial charge is 0.396 e. The number of nitrogens with one attached hydrogen (secondary N) is 1. The third-order valence-corrected chi connectivity index (χ3v) is 2.84. The molecule has 1 aromatic heterocycles. The molecule has 2 aromatic rings.